The number of fused-ring (bicyclic) bond motifs is 1. The standard InChI is InChI=1S/C21H14I2N2O2/c1-12-3-2-4-13(9-12)21-25-18-11-15(6-8-19(18)27-21)24-20(26)16-10-14(22)5-7-17(16)23/h2-11H,1H3,(H,24,26). The Kier molecular flexibility index (Phi) is 5.18. The van der Waals surface area contributed by atoms with Gasteiger partial charge >= 0.3 is 0 Å². The largest absolute Gasteiger partial charge is 0.436 e. The van der Waals surface area contributed by atoms with E-state index >= 15 is 0 Å². The van der Waals surface area contributed by atoms with Crippen LogP contribution in [0.15, 0.2) is 65.1 Å². The van der Waals surface area contributed by atoms with Crippen LogP contribution in [0, 0.1) is 14.1 Å². The third-order valence-corrected chi connectivity index (χ3v) is 5.70. The fourth-order valence-corrected chi connectivity index (χ4v) is 3.85. The summed E-state index contributed by atoms with van der Waals surface area (Å²) >= 11 is 4.37. The van der Waals surface area contributed by atoms with Gasteiger partial charge in [-0.2, -0.15) is 0 Å². The van der Waals surface area contributed by atoms with Crippen LogP contribution in [0.3, 0.4) is 0 Å². The van der Waals surface area contributed by atoms with Gasteiger partial charge in [-0.15, -0.1) is 0 Å². The lowest BCUT2D eigenvalue weighted by Crippen LogP contribution is -2.13. The van der Waals surface area contributed by atoms with E-state index in [-0.39, 0.29) is 5.91 Å². The number of benzene rings is 3. The highest BCUT2D eigenvalue weighted by Crippen LogP contribution is 2.27. The van der Waals surface area contributed by atoms with E-state index in [9.17, 15) is 4.79 Å². The third-order valence-electron chi connectivity index (χ3n) is 4.08. The van der Waals surface area contributed by atoms with Gasteiger partial charge in [0.2, 0.25) is 5.89 Å². The van der Waals surface area contributed by atoms with E-state index in [4.69, 9.17) is 4.42 Å². The number of carbonyl (C=O) groups excluding carboxylic acids is 1. The molecule has 1 amide bonds. The molecule has 1 N–H and O–H groups in total. The van der Waals surface area contributed by atoms with Crippen molar-refractivity contribution in [3.63, 3.8) is 0 Å². The highest BCUT2D eigenvalue weighted by molar-refractivity contribution is 14.1. The number of hydrogen-bond donors (Lipinski definition) is 1. The van der Waals surface area contributed by atoms with Gasteiger partial charge in [0.05, 0.1) is 5.56 Å². The summed E-state index contributed by atoms with van der Waals surface area (Å²) in [5.41, 5.74) is 4.82. The molecule has 134 valence electrons. The molecule has 4 rings (SSSR count). The van der Waals surface area contributed by atoms with Crippen LogP contribution in [0.4, 0.5) is 5.69 Å². The number of nitrogens with one attached hydrogen (secondary N) is 1. The normalized spacial score (nSPS) is 10.9. The zero-order valence-electron chi connectivity index (χ0n) is 14.3. The van der Waals surface area contributed by atoms with E-state index in [1.165, 1.54) is 0 Å². The Morgan fingerprint density at radius 2 is 1.89 bits per heavy atom. The third kappa shape index (κ3) is 4.01. The van der Waals surface area contributed by atoms with Crippen LogP contribution >= 0.6 is 45.2 Å². The van der Waals surface area contributed by atoms with Crippen molar-refractivity contribution in [1.82, 2.24) is 4.98 Å². The first-order chi connectivity index (χ1) is 13.0. The molecule has 6 heteroatoms. The number of nitrogens with zero attached hydrogens (tertiary/aromatic N) is 1. The number of hydrogen-bond acceptors (Lipinski definition) is 3. The van der Waals surface area contributed by atoms with Crippen molar-refractivity contribution in [3.8, 4) is 11.5 Å². The summed E-state index contributed by atoms with van der Waals surface area (Å²) in [6.07, 6.45) is 0. The van der Waals surface area contributed by atoms with Crippen molar-refractivity contribution in [3.05, 3.63) is 78.9 Å². The van der Waals surface area contributed by atoms with Gasteiger partial charge in [0.1, 0.15) is 5.52 Å². The quantitative estimate of drug-likeness (QED) is 0.291. The van der Waals surface area contributed by atoms with Crippen molar-refractivity contribution in [1.29, 1.82) is 0 Å². The Labute approximate surface area is 183 Å². The topological polar surface area (TPSA) is 55.1 Å². The van der Waals surface area contributed by atoms with Gasteiger partial charge < -0.3 is 9.73 Å². The first-order valence-corrected chi connectivity index (χ1v) is 10.4. The molecule has 0 bridgehead atoms. The van der Waals surface area contributed by atoms with E-state index in [0.717, 1.165) is 18.3 Å². The molecule has 4 aromatic rings. The van der Waals surface area contributed by atoms with Gasteiger partial charge in [-0.1, -0.05) is 17.7 Å². The smallest absolute Gasteiger partial charge is 0.256 e. The molecule has 0 unspecified atom stereocenters. The first-order valence-electron chi connectivity index (χ1n) is 8.23. The van der Waals surface area contributed by atoms with Crippen LogP contribution in [0.2, 0.25) is 0 Å². The summed E-state index contributed by atoms with van der Waals surface area (Å²) < 4.78 is 7.80. The van der Waals surface area contributed by atoms with Crippen LogP contribution in [0.5, 0.6) is 0 Å². The fraction of sp³-hybridized carbons (Fsp3) is 0.0476. The molecule has 0 radical (unpaired) electrons. The first kappa shape index (κ1) is 18.4. The summed E-state index contributed by atoms with van der Waals surface area (Å²) in [6.45, 7) is 2.03. The van der Waals surface area contributed by atoms with E-state index in [2.05, 4.69) is 55.5 Å². The predicted octanol–water partition coefficient (Wildman–Crippen LogP) is 6.26. The van der Waals surface area contributed by atoms with Crippen molar-refractivity contribution in [2.24, 2.45) is 0 Å². The molecule has 0 spiro atoms. The number of carbonyl (C=O) groups is 1. The summed E-state index contributed by atoms with van der Waals surface area (Å²) in [5.74, 6) is 0.434. The lowest BCUT2D eigenvalue weighted by atomic mass is 10.1. The van der Waals surface area contributed by atoms with Gasteiger partial charge in [0.15, 0.2) is 5.58 Å². The maximum atomic E-state index is 12.6. The SMILES string of the molecule is Cc1cccc(-c2nc3cc(NC(=O)c4cc(I)ccc4I)ccc3o2)c1. The molecule has 1 aromatic heterocycles. The number of rotatable bonds is 3. The van der Waals surface area contributed by atoms with Gasteiger partial charge in [-0.05, 0) is 101 Å². The lowest BCUT2D eigenvalue weighted by Gasteiger charge is -2.07. The number of aryl methyl sites for hydroxylation is 1. The molecule has 0 fully saturated rings. The Balaban J connectivity index is 1.64. The fourth-order valence-electron chi connectivity index (χ4n) is 2.78. The van der Waals surface area contributed by atoms with Gasteiger partial charge in [0.25, 0.3) is 5.91 Å². The molecule has 0 saturated carbocycles. The minimum atomic E-state index is -0.139. The molecule has 0 aliphatic heterocycles. The zero-order chi connectivity index (χ0) is 19.0. The van der Waals surface area contributed by atoms with E-state index in [1.807, 2.05) is 67.6 Å². The van der Waals surface area contributed by atoms with E-state index in [1.54, 1.807) is 0 Å². The minimum absolute atomic E-state index is 0.139. The van der Waals surface area contributed by atoms with Crippen molar-refractivity contribution in [2.45, 2.75) is 6.92 Å². The molecule has 0 aliphatic carbocycles. The number of oxazole rings is 1. The Hall–Kier alpha value is -1.94. The molecule has 0 saturated heterocycles. The van der Waals surface area contributed by atoms with Crippen LogP contribution in [0.1, 0.15) is 15.9 Å². The van der Waals surface area contributed by atoms with Gasteiger partial charge in [0, 0.05) is 18.4 Å². The molecular formula is C21H14I2N2O2. The Morgan fingerprint density at radius 3 is 2.70 bits per heavy atom. The summed E-state index contributed by atoms with van der Waals surface area (Å²) in [7, 11) is 0. The van der Waals surface area contributed by atoms with Crippen molar-refractivity contribution < 1.29 is 9.21 Å². The second kappa shape index (κ2) is 7.59. The summed E-state index contributed by atoms with van der Waals surface area (Å²) in [5, 5.41) is 2.95. The average Bonchev–Trinajstić information content (AvgIpc) is 3.07. The Bertz CT molecular complexity index is 1170. The van der Waals surface area contributed by atoms with E-state index < -0.39 is 0 Å². The molecular weight excluding hydrogens is 566 g/mol. The maximum Gasteiger partial charge on any atom is 0.256 e. The van der Waals surface area contributed by atoms with Crippen molar-refractivity contribution in [2.75, 3.05) is 5.32 Å². The highest BCUT2D eigenvalue weighted by atomic mass is 127. The van der Waals surface area contributed by atoms with Crippen molar-refractivity contribution >= 4 is 67.9 Å². The summed E-state index contributed by atoms with van der Waals surface area (Å²) in [6, 6.07) is 19.3. The average molecular weight is 580 g/mol. The number of aromatic nitrogens is 1. The highest BCUT2D eigenvalue weighted by Gasteiger charge is 2.13. The maximum absolute atomic E-state index is 12.6. The zero-order valence-corrected chi connectivity index (χ0v) is 18.6. The van der Waals surface area contributed by atoms with Crippen LogP contribution in [-0.4, -0.2) is 10.9 Å². The number of halogens is 2. The predicted molar refractivity (Wildman–Crippen MR) is 124 cm³/mol. The monoisotopic (exact) mass is 580 g/mol. The Morgan fingerprint density at radius 1 is 1.04 bits per heavy atom. The summed E-state index contributed by atoms with van der Waals surface area (Å²) in [4.78, 5) is 17.2. The lowest BCUT2D eigenvalue weighted by molar-refractivity contribution is 0.102. The molecule has 0 atom stereocenters. The molecule has 3 aromatic carbocycles. The second-order valence-corrected chi connectivity index (χ2v) is 8.56. The number of amides is 1. The van der Waals surface area contributed by atoms with Crippen LogP contribution < -0.4 is 5.32 Å². The number of anilines is 1. The molecule has 0 aliphatic rings. The molecule has 4 nitrogen and oxygen atoms in total. The van der Waals surface area contributed by atoms with Crippen LogP contribution in [0.25, 0.3) is 22.6 Å². The second-order valence-electron chi connectivity index (χ2n) is 6.15. The van der Waals surface area contributed by atoms with E-state index in [0.29, 0.717) is 28.2 Å². The minimum Gasteiger partial charge on any atom is -0.436 e. The van der Waals surface area contributed by atoms with Crippen LogP contribution in [-0.2, 0) is 0 Å². The molecule has 1 heterocycles. The van der Waals surface area contributed by atoms with Gasteiger partial charge in [-0.3, -0.25) is 4.79 Å². The molecule has 27 heavy (non-hydrogen) atoms. The van der Waals surface area contributed by atoms with Gasteiger partial charge in [-0.25, -0.2) is 4.98 Å².